The number of carbonyl (C=O) groups is 1. The fourth-order valence-electron chi connectivity index (χ4n) is 3.51. The monoisotopic (exact) mass is 203 g/mol. The Balaban J connectivity index is 1.68. The summed E-state index contributed by atoms with van der Waals surface area (Å²) >= 11 is 0. The fourth-order valence-corrected chi connectivity index (χ4v) is 3.51. The molecular weight excluding hydrogens is 186 g/mol. The van der Waals surface area contributed by atoms with Gasteiger partial charge >= 0.3 is 0 Å². The van der Waals surface area contributed by atoms with Gasteiger partial charge < -0.3 is 4.57 Å². The van der Waals surface area contributed by atoms with E-state index in [1.54, 1.807) is 0 Å². The summed E-state index contributed by atoms with van der Waals surface area (Å²) in [5.74, 6) is 2.86. The van der Waals surface area contributed by atoms with Gasteiger partial charge in [0.1, 0.15) is 0 Å². The Morgan fingerprint density at radius 2 is 2.33 bits per heavy atom. The number of carbonyl (C=O) groups excluding carboxylic acids is 1. The molecule has 0 aliphatic heterocycles. The maximum Gasteiger partial charge on any atom is 0.151 e. The van der Waals surface area contributed by atoms with Crippen LogP contribution in [0.25, 0.3) is 0 Å². The van der Waals surface area contributed by atoms with Crippen LogP contribution in [0.5, 0.6) is 0 Å². The van der Waals surface area contributed by atoms with Crippen LogP contribution in [0.1, 0.15) is 36.0 Å². The van der Waals surface area contributed by atoms with Gasteiger partial charge in [0.15, 0.2) is 6.29 Å². The van der Waals surface area contributed by atoms with Crippen LogP contribution < -0.4 is 0 Å². The maximum absolute atomic E-state index is 10.6. The second-order valence-corrected chi connectivity index (χ2v) is 5.19. The molecule has 2 heteroatoms. The molecule has 2 aliphatic carbocycles. The standard InChI is InChI=1S/C13H17NO/c15-9-11-3-4-14(7-11)8-13-6-10-1-2-12(13)5-10/h3-4,7,9-10,12-13H,1-2,5-6,8H2. The highest BCUT2D eigenvalue weighted by Gasteiger charge is 2.39. The summed E-state index contributed by atoms with van der Waals surface area (Å²) in [6, 6.07) is 1.90. The number of aldehydes is 1. The van der Waals surface area contributed by atoms with Gasteiger partial charge in [0.25, 0.3) is 0 Å². The summed E-state index contributed by atoms with van der Waals surface area (Å²) in [5, 5.41) is 0. The van der Waals surface area contributed by atoms with E-state index in [2.05, 4.69) is 4.57 Å². The molecule has 0 N–H and O–H groups in total. The lowest BCUT2D eigenvalue weighted by Crippen LogP contribution is -2.16. The molecule has 2 nitrogen and oxygen atoms in total. The summed E-state index contributed by atoms with van der Waals surface area (Å²) in [7, 11) is 0. The third kappa shape index (κ3) is 1.62. The highest BCUT2D eigenvalue weighted by molar-refractivity contribution is 5.74. The molecule has 80 valence electrons. The lowest BCUT2D eigenvalue weighted by atomic mass is 9.89. The van der Waals surface area contributed by atoms with Crippen molar-refractivity contribution in [1.82, 2.24) is 4.57 Å². The Morgan fingerprint density at radius 1 is 1.40 bits per heavy atom. The van der Waals surface area contributed by atoms with Crippen LogP contribution in [0, 0.1) is 17.8 Å². The molecule has 3 atom stereocenters. The topological polar surface area (TPSA) is 22.0 Å². The molecule has 0 radical (unpaired) electrons. The Hall–Kier alpha value is -1.05. The summed E-state index contributed by atoms with van der Waals surface area (Å²) < 4.78 is 2.19. The Labute approximate surface area is 90.3 Å². The van der Waals surface area contributed by atoms with E-state index >= 15 is 0 Å². The predicted octanol–water partition coefficient (Wildman–Crippen LogP) is 2.74. The second kappa shape index (κ2) is 3.51. The summed E-state index contributed by atoms with van der Waals surface area (Å²) in [6.45, 7) is 1.12. The summed E-state index contributed by atoms with van der Waals surface area (Å²) in [4.78, 5) is 10.6. The van der Waals surface area contributed by atoms with Crippen molar-refractivity contribution >= 4 is 6.29 Å². The highest BCUT2D eigenvalue weighted by atomic mass is 16.1. The van der Waals surface area contributed by atoms with Crippen molar-refractivity contribution in [3.8, 4) is 0 Å². The van der Waals surface area contributed by atoms with Gasteiger partial charge in [-0.05, 0) is 43.1 Å². The number of hydrogen-bond acceptors (Lipinski definition) is 1. The average molecular weight is 203 g/mol. The number of rotatable bonds is 3. The van der Waals surface area contributed by atoms with Gasteiger partial charge in [0, 0.05) is 24.5 Å². The lowest BCUT2D eigenvalue weighted by molar-refractivity contribution is 0.112. The largest absolute Gasteiger partial charge is 0.353 e. The summed E-state index contributed by atoms with van der Waals surface area (Å²) in [5.41, 5.74) is 0.804. The zero-order valence-electron chi connectivity index (χ0n) is 8.93. The number of aromatic nitrogens is 1. The predicted molar refractivity (Wildman–Crippen MR) is 58.8 cm³/mol. The minimum Gasteiger partial charge on any atom is -0.353 e. The van der Waals surface area contributed by atoms with E-state index < -0.39 is 0 Å². The van der Waals surface area contributed by atoms with E-state index in [1.165, 1.54) is 25.7 Å². The molecule has 0 saturated heterocycles. The average Bonchev–Trinajstić information content (AvgIpc) is 2.92. The van der Waals surface area contributed by atoms with Gasteiger partial charge in [-0.1, -0.05) is 6.42 Å². The van der Waals surface area contributed by atoms with Crippen molar-refractivity contribution in [2.24, 2.45) is 17.8 Å². The molecule has 1 aromatic rings. The number of hydrogen-bond donors (Lipinski definition) is 0. The molecule has 2 saturated carbocycles. The quantitative estimate of drug-likeness (QED) is 0.692. The van der Waals surface area contributed by atoms with Gasteiger partial charge in [-0.3, -0.25) is 4.79 Å². The highest BCUT2D eigenvalue weighted by Crippen LogP contribution is 2.48. The van der Waals surface area contributed by atoms with Gasteiger partial charge in [0.05, 0.1) is 0 Å². The lowest BCUT2D eigenvalue weighted by Gasteiger charge is -2.21. The molecule has 2 aliphatic rings. The number of fused-ring (bicyclic) bond motifs is 2. The first-order chi connectivity index (χ1) is 7.35. The van der Waals surface area contributed by atoms with Crippen LogP contribution in [-0.2, 0) is 6.54 Å². The molecule has 0 spiro atoms. The van der Waals surface area contributed by atoms with E-state index in [-0.39, 0.29) is 0 Å². The first-order valence-electron chi connectivity index (χ1n) is 5.96. The van der Waals surface area contributed by atoms with E-state index in [0.717, 1.165) is 36.1 Å². The molecule has 2 fully saturated rings. The van der Waals surface area contributed by atoms with Crippen LogP contribution >= 0.6 is 0 Å². The van der Waals surface area contributed by atoms with Crippen LogP contribution in [0.4, 0.5) is 0 Å². The Bertz CT molecular complexity index is 368. The third-order valence-corrected chi connectivity index (χ3v) is 4.24. The first-order valence-corrected chi connectivity index (χ1v) is 5.96. The molecule has 3 rings (SSSR count). The van der Waals surface area contributed by atoms with Crippen LogP contribution in [0.2, 0.25) is 0 Å². The van der Waals surface area contributed by atoms with Crippen molar-refractivity contribution in [3.63, 3.8) is 0 Å². The molecule has 3 unspecified atom stereocenters. The van der Waals surface area contributed by atoms with Crippen LogP contribution in [0.15, 0.2) is 18.5 Å². The van der Waals surface area contributed by atoms with Gasteiger partial charge in [0.2, 0.25) is 0 Å². The van der Waals surface area contributed by atoms with Crippen molar-refractivity contribution in [2.45, 2.75) is 32.2 Å². The van der Waals surface area contributed by atoms with Crippen molar-refractivity contribution in [3.05, 3.63) is 24.0 Å². The second-order valence-electron chi connectivity index (χ2n) is 5.19. The minimum atomic E-state index is 0.804. The normalized spacial score (nSPS) is 33.5. The molecular formula is C13H17NO. The zero-order valence-corrected chi connectivity index (χ0v) is 8.93. The van der Waals surface area contributed by atoms with Gasteiger partial charge in [-0.15, -0.1) is 0 Å². The van der Waals surface area contributed by atoms with E-state index in [0.29, 0.717) is 0 Å². The molecule has 0 amide bonds. The van der Waals surface area contributed by atoms with E-state index in [9.17, 15) is 4.79 Å². The smallest absolute Gasteiger partial charge is 0.151 e. The molecule has 0 aromatic carbocycles. The van der Waals surface area contributed by atoms with E-state index in [4.69, 9.17) is 0 Å². The third-order valence-electron chi connectivity index (χ3n) is 4.24. The van der Waals surface area contributed by atoms with Crippen molar-refractivity contribution in [2.75, 3.05) is 0 Å². The van der Waals surface area contributed by atoms with E-state index in [1.807, 2.05) is 18.5 Å². The molecule has 2 bridgehead atoms. The molecule has 1 heterocycles. The number of nitrogens with zero attached hydrogens (tertiary/aromatic N) is 1. The molecule has 1 aromatic heterocycles. The van der Waals surface area contributed by atoms with Gasteiger partial charge in [-0.2, -0.15) is 0 Å². The minimum absolute atomic E-state index is 0.804. The zero-order chi connectivity index (χ0) is 10.3. The maximum atomic E-state index is 10.6. The fraction of sp³-hybridized carbons (Fsp3) is 0.615. The Morgan fingerprint density at radius 3 is 2.93 bits per heavy atom. The Kier molecular flexibility index (Phi) is 2.15. The van der Waals surface area contributed by atoms with Gasteiger partial charge in [-0.25, -0.2) is 0 Å². The molecule has 15 heavy (non-hydrogen) atoms. The van der Waals surface area contributed by atoms with Crippen LogP contribution in [-0.4, -0.2) is 10.9 Å². The summed E-state index contributed by atoms with van der Waals surface area (Å²) in [6.07, 6.45) is 10.7. The van der Waals surface area contributed by atoms with Crippen molar-refractivity contribution < 1.29 is 4.79 Å². The van der Waals surface area contributed by atoms with Crippen molar-refractivity contribution in [1.29, 1.82) is 0 Å². The van der Waals surface area contributed by atoms with Crippen LogP contribution in [0.3, 0.4) is 0 Å². The SMILES string of the molecule is O=Cc1ccn(CC2CC3CCC2C3)c1. The first kappa shape index (κ1) is 9.20.